The van der Waals surface area contributed by atoms with E-state index >= 15 is 0 Å². The van der Waals surface area contributed by atoms with Gasteiger partial charge in [-0.05, 0) is 14.0 Å². The lowest BCUT2D eigenvalue weighted by molar-refractivity contribution is 0.563. The topological polar surface area (TPSA) is 71.1 Å². The average molecular weight is 263 g/mol. The summed E-state index contributed by atoms with van der Waals surface area (Å²) in [4.78, 5) is 4.09. The molecule has 1 rings (SSSR count). The molecule has 0 aromatic carbocycles. The molecule has 1 aromatic rings. The van der Waals surface area contributed by atoms with Crippen molar-refractivity contribution in [1.29, 1.82) is 0 Å². The Morgan fingerprint density at radius 3 is 2.88 bits per heavy atom. The summed E-state index contributed by atoms with van der Waals surface area (Å²) >= 11 is 1.51. The highest BCUT2D eigenvalue weighted by molar-refractivity contribution is 7.90. The molecule has 0 saturated carbocycles. The first-order valence-electron chi connectivity index (χ1n) is 5.06. The number of rotatable bonds is 7. The molecule has 5 nitrogen and oxygen atoms in total. The van der Waals surface area contributed by atoms with Crippen molar-refractivity contribution in [1.82, 2.24) is 15.0 Å². The predicted octanol–water partition coefficient (Wildman–Crippen LogP) is 0.213. The monoisotopic (exact) mass is 263 g/mol. The summed E-state index contributed by atoms with van der Waals surface area (Å²) in [6.07, 6.45) is 0.634. The fraction of sp³-hybridized carbons (Fsp3) is 0.667. The molecule has 0 fully saturated rings. The van der Waals surface area contributed by atoms with E-state index in [1.807, 2.05) is 5.38 Å². The number of hydrogen-bond acceptors (Lipinski definition) is 5. The Labute approximate surface area is 100 Å². The highest BCUT2D eigenvalue weighted by Crippen LogP contribution is 2.02. The Kier molecular flexibility index (Phi) is 5.33. The van der Waals surface area contributed by atoms with Gasteiger partial charge < -0.3 is 5.32 Å². The molecule has 7 heteroatoms. The van der Waals surface area contributed by atoms with Crippen molar-refractivity contribution in [2.75, 3.05) is 20.1 Å². The first-order valence-corrected chi connectivity index (χ1v) is 7.55. The van der Waals surface area contributed by atoms with Gasteiger partial charge in [-0.15, -0.1) is 11.3 Å². The maximum absolute atomic E-state index is 11.7. The van der Waals surface area contributed by atoms with Crippen molar-refractivity contribution in [2.24, 2.45) is 0 Å². The first-order chi connectivity index (χ1) is 7.56. The molecule has 0 spiro atoms. The van der Waals surface area contributed by atoms with E-state index in [0.717, 1.165) is 5.69 Å². The summed E-state index contributed by atoms with van der Waals surface area (Å²) in [6, 6.07) is 0. The van der Waals surface area contributed by atoms with Crippen LogP contribution in [0.2, 0.25) is 0 Å². The molecule has 1 atom stereocenters. The summed E-state index contributed by atoms with van der Waals surface area (Å²) in [5.74, 6) is 0. The van der Waals surface area contributed by atoms with Crippen LogP contribution in [0.5, 0.6) is 0 Å². The van der Waals surface area contributed by atoms with Crippen molar-refractivity contribution in [2.45, 2.75) is 18.6 Å². The van der Waals surface area contributed by atoms with Gasteiger partial charge in [-0.25, -0.2) is 18.1 Å². The molecular weight excluding hydrogens is 246 g/mol. The summed E-state index contributed by atoms with van der Waals surface area (Å²) in [5, 5.41) is 4.35. The molecule has 0 bridgehead atoms. The Morgan fingerprint density at radius 2 is 2.31 bits per heavy atom. The quantitative estimate of drug-likeness (QED) is 0.738. The molecule has 1 unspecified atom stereocenters. The van der Waals surface area contributed by atoms with Crippen LogP contribution in [0.3, 0.4) is 0 Å². The van der Waals surface area contributed by atoms with Crippen LogP contribution in [0.15, 0.2) is 10.9 Å². The third-order valence-electron chi connectivity index (χ3n) is 2.19. The molecule has 0 aliphatic heterocycles. The molecule has 92 valence electrons. The predicted molar refractivity (Wildman–Crippen MR) is 66.1 cm³/mol. The van der Waals surface area contributed by atoms with Crippen LogP contribution in [-0.2, 0) is 16.4 Å². The Hall–Kier alpha value is -0.500. The molecule has 1 heterocycles. The number of nitrogens with zero attached hydrogens (tertiary/aromatic N) is 1. The van der Waals surface area contributed by atoms with Gasteiger partial charge in [-0.2, -0.15) is 0 Å². The minimum absolute atomic E-state index is 0.403. The van der Waals surface area contributed by atoms with Crippen LogP contribution >= 0.6 is 11.3 Å². The second-order valence-corrected chi connectivity index (χ2v) is 6.44. The van der Waals surface area contributed by atoms with Crippen LogP contribution in [0.4, 0.5) is 0 Å². The average Bonchev–Trinajstić information content (AvgIpc) is 2.70. The van der Waals surface area contributed by atoms with Crippen molar-refractivity contribution in [3.8, 4) is 0 Å². The van der Waals surface area contributed by atoms with E-state index in [1.54, 1.807) is 19.5 Å². The minimum atomic E-state index is -3.21. The smallest absolute Gasteiger partial charge is 0.215 e. The van der Waals surface area contributed by atoms with Crippen molar-refractivity contribution >= 4 is 21.4 Å². The molecule has 2 N–H and O–H groups in total. The highest BCUT2D eigenvalue weighted by Gasteiger charge is 2.18. The van der Waals surface area contributed by atoms with Gasteiger partial charge in [-0.1, -0.05) is 0 Å². The Bertz CT molecular complexity index is 389. The van der Waals surface area contributed by atoms with Crippen molar-refractivity contribution in [3.63, 3.8) is 0 Å². The van der Waals surface area contributed by atoms with Gasteiger partial charge in [0.25, 0.3) is 0 Å². The molecule has 0 saturated heterocycles. The number of nitrogens with one attached hydrogen (secondary N) is 2. The second kappa shape index (κ2) is 6.29. The highest BCUT2D eigenvalue weighted by atomic mass is 32.2. The van der Waals surface area contributed by atoms with Gasteiger partial charge in [0.05, 0.1) is 16.5 Å². The van der Waals surface area contributed by atoms with E-state index in [-0.39, 0.29) is 0 Å². The summed E-state index contributed by atoms with van der Waals surface area (Å²) in [6.45, 7) is 2.54. The minimum Gasteiger partial charge on any atom is -0.318 e. The molecule has 1 aromatic heterocycles. The van der Waals surface area contributed by atoms with Gasteiger partial charge in [-0.3, -0.25) is 0 Å². The van der Waals surface area contributed by atoms with Crippen molar-refractivity contribution in [3.05, 3.63) is 16.6 Å². The van der Waals surface area contributed by atoms with Gasteiger partial charge in [0, 0.05) is 24.9 Å². The zero-order valence-corrected chi connectivity index (χ0v) is 11.1. The maximum Gasteiger partial charge on any atom is 0.215 e. The van der Waals surface area contributed by atoms with Crippen LogP contribution < -0.4 is 10.0 Å². The molecule has 16 heavy (non-hydrogen) atoms. The number of sulfonamides is 1. The van der Waals surface area contributed by atoms with E-state index in [4.69, 9.17) is 0 Å². The normalized spacial score (nSPS) is 13.9. The number of hydrogen-bond donors (Lipinski definition) is 2. The zero-order chi connectivity index (χ0) is 12.0. The molecule has 0 aliphatic carbocycles. The van der Waals surface area contributed by atoms with E-state index in [2.05, 4.69) is 15.0 Å². The Balaban J connectivity index is 2.36. The van der Waals surface area contributed by atoms with Gasteiger partial charge in [0.2, 0.25) is 10.0 Å². The number of thiazole rings is 1. The molecule has 0 aliphatic rings. The lowest BCUT2D eigenvalue weighted by Crippen LogP contribution is -2.38. The molecule has 0 amide bonds. The second-order valence-electron chi connectivity index (χ2n) is 3.54. The summed E-state index contributed by atoms with van der Waals surface area (Å²) in [5.41, 5.74) is 2.67. The standard InChI is InChI=1S/C9H17N3O2S2/c1-8(5-10-2)16(13,14)12-4-3-9-6-15-7-11-9/h6-8,10,12H,3-5H2,1-2H3. The first kappa shape index (κ1) is 13.6. The van der Waals surface area contributed by atoms with Crippen molar-refractivity contribution < 1.29 is 8.42 Å². The SMILES string of the molecule is CNCC(C)S(=O)(=O)NCCc1cscn1. The van der Waals surface area contributed by atoms with E-state index in [0.29, 0.717) is 19.5 Å². The van der Waals surface area contributed by atoms with Crippen LogP contribution in [0.1, 0.15) is 12.6 Å². The van der Waals surface area contributed by atoms with E-state index < -0.39 is 15.3 Å². The number of aromatic nitrogens is 1. The van der Waals surface area contributed by atoms with Gasteiger partial charge >= 0.3 is 0 Å². The summed E-state index contributed by atoms with van der Waals surface area (Å²) in [7, 11) is -1.48. The lowest BCUT2D eigenvalue weighted by atomic mass is 10.3. The zero-order valence-electron chi connectivity index (χ0n) is 9.43. The van der Waals surface area contributed by atoms with Crippen LogP contribution in [0.25, 0.3) is 0 Å². The van der Waals surface area contributed by atoms with E-state index in [9.17, 15) is 8.42 Å². The molecular formula is C9H17N3O2S2. The fourth-order valence-electron chi connectivity index (χ4n) is 1.22. The van der Waals surface area contributed by atoms with Gasteiger partial charge in [0.1, 0.15) is 0 Å². The summed E-state index contributed by atoms with van der Waals surface area (Å²) < 4.78 is 25.9. The third-order valence-corrected chi connectivity index (χ3v) is 4.66. The lowest BCUT2D eigenvalue weighted by Gasteiger charge is -2.12. The van der Waals surface area contributed by atoms with Crippen LogP contribution in [0, 0.1) is 0 Å². The van der Waals surface area contributed by atoms with E-state index in [1.165, 1.54) is 11.3 Å². The van der Waals surface area contributed by atoms with Crippen LogP contribution in [-0.4, -0.2) is 38.8 Å². The Morgan fingerprint density at radius 1 is 1.56 bits per heavy atom. The molecule has 0 radical (unpaired) electrons. The fourth-order valence-corrected chi connectivity index (χ4v) is 2.87. The largest absolute Gasteiger partial charge is 0.318 e. The maximum atomic E-state index is 11.7. The third kappa shape index (κ3) is 4.17. The van der Waals surface area contributed by atoms with Gasteiger partial charge in [0.15, 0.2) is 0 Å².